The molecule has 0 spiro atoms. The smallest absolute Gasteiger partial charge is 0.182 e. The van der Waals surface area contributed by atoms with E-state index in [2.05, 4.69) is 13.1 Å². The fourth-order valence-corrected chi connectivity index (χ4v) is 4.22. The summed E-state index contributed by atoms with van der Waals surface area (Å²) < 4.78 is 16.4. The van der Waals surface area contributed by atoms with Crippen LogP contribution in [-0.4, -0.2) is 44.1 Å². The summed E-state index contributed by atoms with van der Waals surface area (Å²) in [6.07, 6.45) is 8.99. The summed E-state index contributed by atoms with van der Waals surface area (Å²) in [4.78, 5) is 0. The molecule has 2 rings (SSSR count). The molecule has 2 saturated heterocycles. The summed E-state index contributed by atoms with van der Waals surface area (Å²) in [5, 5.41) is 0. The van der Waals surface area contributed by atoms with Crippen LogP contribution in [0.3, 0.4) is 0 Å². The first-order valence-corrected chi connectivity index (χ1v) is 10.5. The Bertz CT molecular complexity index is 224. The summed E-state index contributed by atoms with van der Waals surface area (Å²) in [5.41, 5.74) is 0.466. The van der Waals surface area contributed by atoms with Crippen LogP contribution in [0.1, 0.15) is 38.5 Å². The van der Waals surface area contributed by atoms with Crippen LogP contribution in [-0.2, 0) is 14.2 Å². The molecule has 2 fully saturated rings. The third kappa shape index (κ3) is 5.69. The molecule has 2 atom stereocenters. The number of hydrogen-bond donors (Lipinski definition) is 0. The van der Waals surface area contributed by atoms with Gasteiger partial charge in [-0.1, -0.05) is 13.1 Å². The topological polar surface area (TPSA) is 27.7 Å². The second kappa shape index (κ2) is 8.90. The van der Waals surface area contributed by atoms with Crippen LogP contribution < -0.4 is 0 Å². The van der Waals surface area contributed by atoms with Gasteiger partial charge in [0.15, 0.2) is 5.41 Å². The predicted octanol–water partition coefficient (Wildman–Crippen LogP) is 1.10. The van der Waals surface area contributed by atoms with Crippen molar-refractivity contribution in [3.63, 3.8) is 0 Å². The molecule has 0 radical (unpaired) electrons. The van der Waals surface area contributed by atoms with Gasteiger partial charge in [0, 0.05) is 29.0 Å². The van der Waals surface area contributed by atoms with Gasteiger partial charge >= 0.3 is 0 Å². The Morgan fingerprint density at radius 1 is 1.33 bits per heavy atom. The lowest BCUT2D eigenvalue weighted by molar-refractivity contribution is -0.169. The maximum Gasteiger partial charge on any atom is 0.182 e. The summed E-state index contributed by atoms with van der Waals surface area (Å²) in [6.45, 7) is 7.66. The molecule has 0 aromatic carbocycles. The van der Waals surface area contributed by atoms with Crippen LogP contribution in [0.15, 0.2) is 12.8 Å². The first kappa shape index (κ1) is 15.9. The Morgan fingerprint density at radius 3 is 2.50 bits per heavy atom. The molecule has 2 unspecified atom stereocenters. The maximum atomic E-state index is 5.62. The first-order chi connectivity index (χ1) is 8.72. The molecule has 2 aliphatic heterocycles. The molecule has 0 aromatic rings. The fourth-order valence-electron chi connectivity index (χ4n) is 2.34. The van der Waals surface area contributed by atoms with Crippen molar-refractivity contribution < 1.29 is 14.2 Å². The third-order valence-corrected chi connectivity index (χ3v) is 6.27. The standard InChI is InChI=1S/C8H16O2Si.C5H12OSi/c1-3-9-8(11-2)6-4-5-7-10-8;7-5-3-1-2-4-6-5/h3H,1,4-7,11H2,2H3;5H,1-4H2,7H3. The lowest BCUT2D eigenvalue weighted by Crippen LogP contribution is -2.42. The predicted molar refractivity (Wildman–Crippen MR) is 81.8 cm³/mol. The molecule has 5 heteroatoms. The Hall–Kier alpha value is -0.106. The highest BCUT2D eigenvalue weighted by Crippen LogP contribution is 2.25. The van der Waals surface area contributed by atoms with Crippen LogP contribution >= 0.6 is 0 Å². The molecule has 18 heavy (non-hydrogen) atoms. The van der Waals surface area contributed by atoms with Gasteiger partial charge in [-0.25, -0.2) is 0 Å². The van der Waals surface area contributed by atoms with E-state index in [-0.39, 0.29) is 14.9 Å². The van der Waals surface area contributed by atoms with E-state index in [4.69, 9.17) is 14.2 Å². The van der Waals surface area contributed by atoms with E-state index in [9.17, 15) is 0 Å². The molecule has 0 saturated carbocycles. The summed E-state index contributed by atoms with van der Waals surface area (Å²) in [5.74, 6) is 0. The van der Waals surface area contributed by atoms with Crippen LogP contribution in [0.4, 0.5) is 0 Å². The average molecular weight is 289 g/mol. The van der Waals surface area contributed by atoms with Crippen molar-refractivity contribution in [3.05, 3.63) is 12.8 Å². The van der Waals surface area contributed by atoms with Crippen molar-refractivity contribution in [3.8, 4) is 0 Å². The highest BCUT2D eigenvalue weighted by atomic mass is 28.2. The average Bonchev–Trinajstić information content (AvgIpc) is 2.42. The van der Waals surface area contributed by atoms with E-state index < -0.39 is 0 Å². The van der Waals surface area contributed by atoms with Gasteiger partial charge < -0.3 is 14.2 Å². The molecule has 0 amide bonds. The van der Waals surface area contributed by atoms with Crippen molar-refractivity contribution in [1.82, 2.24) is 0 Å². The zero-order valence-electron chi connectivity index (χ0n) is 12.0. The quantitative estimate of drug-likeness (QED) is 0.575. The highest BCUT2D eigenvalue weighted by Gasteiger charge is 2.31. The van der Waals surface area contributed by atoms with Crippen molar-refractivity contribution in [1.29, 1.82) is 0 Å². The van der Waals surface area contributed by atoms with Crippen LogP contribution in [0.25, 0.3) is 0 Å². The van der Waals surface area contributed by atoms with E-state index in [1.165, 1.54) is 48.6 Å². The number of ether oxygens (including phenoxy) is 3. The van der Waals surface area contributed by atoms with E-state index in [1.807, 2.05) is 0 Å². The highest BCUT2D eigenvalue weighted by molar-refractivity contribution is 6.37. The molecule has 3 nitrogen and oxygen atoms in total. The van der Waals surface area contributed by atoms with E-state index in [0.29, 0.717) is 5.73 Å². The first-order valence-electron chi connectivity index (χ1n) is 7.27. The van der Waals surface area contributed by atoms with Gasteiger partial charge in [-0.05, 0) is 32.1 Å². The van der Waals surface area contributed by atoms with Crippen LogP contribution in [0.5, 0.6) is 0 Å². The summed E-state index contributed by atoms with van der Waals surface area (Å²) in [7, 11) is 0.963. The van der Waals surface area contributed by atoms with Gasteiger partial charge in [0.25, 0.3) is 0 Å². The number of hydrogen-bond acceptors (Lipinski definition) is 3. The Balaban J connectivity index is 0.000000199. The van der Waals surface area contributed by atoms with Gasteiger partial charge in [-0.2, -0.15) is 0 Å². The van der Waals surface area contributed by atoms with Gasteiger partial charge in [0.2, 0.25) is 0 Å². The molecule has 0 aliphatic carbocycles. The van der Waals surface area contributed by atoms with E-state index in [0.717, 1.165) is 19.6 Å². The minimum atomic E-state index is -0.265. The van der Waals surface area contributed by atoms with Crippen molar-refractivity contribution >= 4 is 19.8 Å². The zero-order valence-corrected chi connectivity index (χ0v) is 15.4. The Labute approximate surface area is 117 Å². The van der Waals surface area contributed by atoms with Crippen molar-refractivity contribution in [2.75, 3.05) is 13.2 Å². The van der Waals surface area contributed by atoms with E-state index >= 15 is 0 Å². The second-order valence-electron chi connectivity index (χ2n) is 5.03. The van der Waals surface area contributed by atoms with Gasteiger partial charge in [-0.3, -0.25) is 0 Å². The van der Waals surface area contributed by atoms with Crippen molar-refractivity contribution in [2.45, 2.75) is 56.2 Å². The van der Waals surface area contributed by atoms with Crippen molar-refractivity contribution in [2.24, 2.45) is 0 Å². The molecule has 0 bridgehead atoms. The third-order valence-electron chi connectivity index (χ3n) is 3.56. The van der Waals surface area contributed by atoms with Crippen LogP contribution in [0, 0.1) is 0 Å². The molecule has 0 N–H and O–H groups in total. The lowest BCUT2D eigenvalue weighted by Gasteiger charge is -2.35. The van der Waals surface area contributed by atoms with Crippen LogP contribution in [0.2, 0.25) is 6.55 Å². The minimum Gasteiger partial charge on any atom is -0.475 e. The zero-order chi connectivity index (χ0) is 13.3. The molecule has 2 heterocycles. The minimum absolute atomic E-state index is 0.208. The van der Waals surface area contributed by atoms with Gasteiger partial charge in [0.1, 0.15) is 9.52 Å². The largest absolute Gasteiger partial charge is 0.475 e. The molecule has 2 aliphatic rings. The van der Waals surface area contributed by atoms with Gasteiger partial charge in [-0.15, -0.1) is 0 Å². The molecule has 106 valence electrons. The monoisotopic (exact) mass is 288 g/mol. The SMILES string of the molecule is C=COC1([SiH2]C)CCCCO1.[SiH3]C1CCCCO1. The van der Waals surface area contributed by atoms with E-state index in [1.54, 1.807) is 0 Å². The summed E-state index contributed by atoms with van der Waals surface area (Å²) in [6, 6.07) is 0. The fraction of sp³-hybridized carbons (Fsp3) is 0.846. The summed E-state index contributed by atoms with van der Waals surface area (Å²) >= 11 is 0. The van der Waals surface area contributed by atoms with Gasteiger partial charge in [0.05, 0.1) is 12.9 Å². The normalized spacial score (nSPS) is 32.8. The lowest BCUT2D eigenvalue weighted by atomic mass is 10.2. The Morgan fingerprint density at radius 2 is 2.11 bits per heavy atom. The Kier molecular flexibility index (Phi) is 7.89. The molecular formula is C13H28O3Si2. The molecule has 0 aromatic heterocycles. The number of rotatable bonds is 3. The molecular weight excluding hydrogens is 260 g/mol. The second-order valence-corrected chi connectivity index (χ2v) is 8.10. The maximum absolute atomic E-state index is 5.62.